The van der Waals surface area contributed by atoms with E-state index in [2.05, 4.69) is 0 Å². The Morgan fingerprint density at radius 1 is 0.321 bits per heavy atom. The lowest BCUT2D eigenvalue weighted by atomic mass is 10.3. The molecule has 0 unspecified atom stereocenters. The van der Waals surface area contributed by atoms with Gasteiger partial charge in [0, 0.05) is 0 Å². The molecule has 3 nitrogen and oxygen atoms in total. The summed E-state index contributed by atoms with van der Waals surface area (Å²) in [4.78, 5) is 0. The van der Waals surface area contributed by atoms with Crippen LogP contribution < -0.4 is 13.6 Å². The summed E-state index contributed by atoms with van der Waals surface area (Å²) >= 11 is 0. The van der Waals surface area contributed by atoms with Crippen molar-refractivity contribution in [2.75, 3.05) is 0 Å². The van der Waals surface area contributed by atoms with Gasteiger partial charge in [-0.25, -0.2) is 0 Å². The van der Waals surface area contributed by atoms with E-state index in [1.807, 2.05) is 127 Å². The van der Waals surface area contributed by atoms with Crippen molar-refractivity contribution < 1.29 is 13.6 Å². The Kier molecular flexibility index (Phi) is 7.95. The van der Waals surface area contributed by atoms with Gasteiger partial charge >= 0.3 is 8.60 Å². The average Bonchev–Trinajstić information content (AvgIpc) is 2.77. The molecule has 0 aliphatic carbocycles. The van der Waals surface area contributed by atoms with Gasteiger partial charge in [-0.1, -0.05) is 91.0 Å². The number of hydrogen-bond acceptors (Lipinski definition) is 3. The Bertz CT molecular complexity index is 763. The Morgan fingerprint density at radius 2 is 0.536 bits per heavy atom. The largest absolute Gasteiger partial charge is 0.530 e. The van der Waals surface area contributed by atoms with Crippen LogP contribution in [-0.4, -0.2) is 0 Å². The topological polar surface area (TPSA) is 27.7 Å². The van der Waals surface area contributed by atoms with E-state index in [-0.39, 0.29) is 0 Å². The summed E-state index contributed by atoms with van der Waals surface area (Å²) in [7, 11) is -1.59. The average molecular weight is 388 g/mol. The molecule has 0 atom stereocenters. The Balaban J connectivity index is 0.000000320. The first-order chi connectivity index (χ1) is 13.9. The molecular formula is C24H21O3P. The summed E-state index contributed by atoms with van der Waals surface area (Å²) in [6, 6.07) is 40.5. The fourth-order valence-corrected chi connectivity index (χ4v) is 3.14. The number of hydrogen-bond donors (Lipinski definition) is 0. The SMILES string of the molecule is c1ccc(OP(Oc2ccccc2)Oc2ccccc2)cc1.c1ccccc1. The first-order valence-corrected chi connectivity index (χ1v) is 9.99. The summed E-state index contributed by atoms with van der Waals surface area (Å²) in [5.74, 6) is 2.13. The molecule has 0 aliphatic heterocycles. The van der Waals surface area contributed by atoms with Crippen LogP contribution in [0.15, 0.2) is 127 Å². The van der Waals surface area contributed by atoms with Gasteiger partial charge < -0.3 is 13.6 Å². The molecule has 0 radical (unpaired) electrons. The molecule has 0 spiro atoms. The van der Waals surface area contributed by atoms with E-state index in [4.69, 9.17) is 13.6 Å². The van der Waals surface area contributed by atoms with Crippen LogP contribution in [0.5, 0.6) is 17.2 Å². The van der Waals surface area contributed by atoms with E-state index in [1.165, 1.54) is 0 Å². The maximum atomic E-state index is 5.84. The van der Waals surface area contributed by atoms with E-state index in [9.17, 15) is 0 Å². The van der Waals surface area contributed by atoms with Gasteiger partial charge in [0.15, 0.2) is 0 Å². The quantitative estimate of drug-likeness (QED) is 0.329. The third-order valence-electron chi connectivity index (χ3n) is 3.44. The van der Waals surface area contributed by atoms with Crippen LogP contribution in [0.4, 0.5) is 0 Å². The van der Waals surface area contributed by atoms with Crippen LogP contribution in [0.3, 0.4) is 0 Å². The smallest absolute Gasteiger partial charge is 0.409 e. The predicted octanol–water partition coefficient (Wildman–Crippen LogP) is 7.14. The van der Waals surface area contributed by atoms with Crippen molar-refractivity contribution in [3.8, 4) is 17.2 Å². The minimum absolute atomic E-state index is 0.709. The molecule has 0 bridgehead atoms. The van der Waals surface area contributed by atoms with Gasteiger partial charge in [0.1, 0.15) is 17.2 Å². The van der Waals surface area contributed by atoms with Gasteiger partial charge in [-0.3, -0.25) is 0 Å². The van der Waals surface area contributed by atoms with Gasteiger partial charge in [-0.05, 0) is 36.4 Å². The first kappa shape index (κ1) is 19.5. The lowest BCUT2D eigenvalue weighted by molar-refractivity contribution is 0.388. The fourth-order valence-electron chi connectivity index (χ4n) is 2.14. The molecule has 0 saturated carbocycles. The second kappa shape index (κ2) is 11.4. The molecule has 0 heterocycles. The molecular weight excluding hydrogens is 367 g/mol. The molecule has 4 aromatic carbocycles. The van der Waals surface area contributed by atoms with E-state index in [1.54, 1.807) is 0 Å². The molecule has 4 aromatic rings. The van der Waals surface area contributed by atoms with Crippen molar-refractivity contribution in [3.63, 3.8) is 0 Å². The molecule has 0 saturated heterocycles. The van der Waals surface area contributed by atoms with Crippen molar-refractivity contribution in [2.45, 2.75) is 0 Å². The number of benzene rings is 4. The van der Waals surface area contributed by atoms with E-state index in [0.717, 1.165) is 0 Å². The monoisotopic (exact) mass is 388 g/mol. The normalized spacial score (nSPS) is 9.75. The van der Waals surface area contributed by atoms with Gasteiger partial charge in [-0.15, -0.1) is 0 Å². The second-order valence-electron chi connectivity index (χ2n) is 5.59. The highest BCUT2D eigenvalue weighted by molar-refractivity contribution is 7.43. The standard InChI is InChI=1S/C18H15O3P.C6H6/c1-4-10-16(11-5-1)19-22(20-17-12-6-2-7-13-17)21-18-14-8-3-9-15-18;1-2-4-6-5-3-1/h1-15H;1-6H. The van der Waals surface area contributed by atoms with Gasteiger partial charge in [0.25, 0.3) is 0 Å². The summed E-state index contributed by atoms with van der Waals surface area (Å²) in [5.41, 5.74) is 0. The summed E-state index contributed by atoms with van der Waals surface area (Å²) in [6.07, 6.45) is 0. The third-order valence-corrected chi connectivity index (χ3v) is 4.52. The van der Waals surface area contributed by atoms with E-state index < -0.39 is 8.60 Å². The first-order valence-electron chi connectivity index (χ1n) is 8.89. The molecule has 0 amide bonds. The minimum atomic E-state index is -1.59. The van der Waals surface area contributed by atoms with Crippen molar-refractivity contribution in [2.24, 2.45) is 0 Å². The second-order valence-corrected chi connectivity index (χ2v) is 6.59. The van der Waals surface area contributed by atoms with Crippen LogP contribution in [0.25, 0.3) is 0 Å². The van der Waals surface area contributed by atoms with Crippen LogP contribution in [-0.2, 0) is 0 Å². The Labute approximate surface area is 167 Å². The molecule has 140 valence electrons. The minimum Gasteiger partial charge on any atom is -0.409 e. The summed E-state index contributed by atoms with van der Waals surface area (Å²) in [6.45, 7) is 0. The van der Waals surface area contributed by atoms with Crippen molar-refractivity contribution >= 4 is 8.60 Å². The number of para-hydroxylation sites is 3. The summed E-state index contributed by atoms with van der Waals surface area (Å²) in [5, 5.41) is 0. The molecule has 0 fully saturated rings. The lowest BCUT2D eigenvalue weighted by Crippen LogP contribution is -2.02. The zero-order valence-corrected chi connectivity index (χ0v) is 16.2. The highest BCUT2D eigenvalue weighted by Crippen LogP contribution is 2.41. The van der Waals surface area contributed by atoms with Crippen LogP contribution in [0.2, 0.25) is 0 Å². The zero-order chi connectivity index (χ0) is 19.3. The maximum absolute atomic E-state index is 5.84. The van der Waals surface area contributed by atoms with Crippen molar-refractivity contribution in [1.82, 2.24) is 0 Å². The molecule has 0 aromatic heterocycles. The summed E-state index contributed by atoms with van der Waals surface area (Å²) < 4.78 is 17.5. The van der Waals surface area contributed by atoms with Gasteiger partial charge in [0.2, 0.25) is 0 Å². The Morgan fingerprint density at radius 3 is 0.786 bits per heavy atom. The molecule has 28 heavy (non-hydrogen) atoms. The van der Waals surface area contributed by atoms with E-state index in [0.29, 0.717) is 17.2 Å². The van der Waals surface area contributed by atoms with Crippen LogP contribution in [0.1, 0.15) is 0 Å². The highest BCUT2D eigenvalue weighted by Gasteiger charge is 2.19. The molecule has 4 heteroatoms. The molecule has 0 aliphatic rings. The molecule has 0 N–H and O–H groups in total. The number of rotatable bonds is 6. The zero-order valence-electron chi connectivity index (χ0n) is 15.3. The van der Waals surface area contributed by atoms with Crippen LogP contribution >= 0.6 is 8.60 Å². The maximum Gasteiger partial charge on any atom is 0.530 e. The van der Waals surface area contributed by atoms with Crippen LogP contribution in [0, 0.1) is 0 Å². The van der Waals surface area contributed by atoms with Gasteiger partial charge in [0.05, 0.1) is 0 Å². The highest BCUT2D eigenvalue weighted by atomic mass is 31.2. The third kappa shape index (κ3) is 7.14. The van der Waals surface area contributed by atoms with Crippen molar-refractivity contribution in [3.05, 3.63) is 127 Å². The predicted molar refractivity (Wildman–Crippen MR) is 115 cm³/mol. The van der Waals surface area contributed by atoms with E-state index >= 15 is 0 Å². The Hall–Kier alpha value is -3.29. The van der Waals surface area contributed by atoms with Crippen molar-refractivity contribution in [1.29, 1.82) is 0 Å². The van der Waals surface area contributed by atoms with Gasteiger partial charge in [-0.2, -0.15) is 0 Å². The molecule has 4 rings (SSSR count). The fraction of sp³-hybridized carbons (Fsp3) is 0. The lowest BCUT2D eigenvalue weighted by Gasteiger charge is -2.17.